The van der Waals surface area contributed by atoms with Gasteiger partial charge >= 0.3 is 15.6 Å². The molecule has 0 aromatic rings. The third kappa shape index (κ3) is 14.3. The van der Waals surface area contributed by atoms with Crippen molar-refractivity contribution in [1.82, 2.24) is 0 Å². The van der Waals surface area contributed by atoms with Gasteiger partial charge in [-0.05, 0) is 13.3 Å². The third-order valence-electron chi connectivity index (χ3n) is 3.06. The Morgan fingerprint density at radius 1 is 1.04 bits per heavy atom. The Balaban J connectivity index is 0. The molecule has 1 fully saturated rings. The second-order valence-electron chi connectivity index (χ2n) is 5.16. The molecule has 0 spiro atoms. The first-order valence-corrected chi connectivity index (χ1v) is 12.2. The van der Waals surface area contributed by atoms with Gasteiger partial charge in [0, 0.05) is 6.42 Å². The van der Waals surface area contributed by atoms with Crippen LogP contribution in [0.1, 0.15) is 67.2 Å². The first-order valence-electron chi connectivity index (χ1n) is 9.14. The topological polar surface area (TPSA) is 132 Å². The molecular weight excluding hydrogens is 386 g/mol. The fourth-order valence-corrected chi connectivity index (χ4v) is 3.41. The van der Waals surface area contributed by atoms with Gasteiger partial charge in [-0.15, -0.1) is 0 Å². The Morgan fingerprint density at radius 3 is 2.12 bits per heavy atom. The van der Waals surface area contributed by atoms with E-state index >= 15 is 0 Å². The molecule has 1 rings (SSSR count). The van der Waals surface area contributed by atoms with Crippen LogP contribution in [0.25, 0.3) is 0 Å². The number of hydrogen-bond donors (Lipinski definition) is 3. The highest BCUT2D eigenvalue weighted by Crippen LogP contribution is 2.48. The molecular formula is C15H36O9P2. The molecule has 26 heavy (non-hydrogen) atoms. The van der Waals surface area contributed by atoms with Crippen LogP contribution in [0, 0.1) is 0 Å². The third-order valence-corrected chi connectivity index (χ3v) is 4.60. The standard InChI is InChI=1S/C11H24O9P2.2C2H6/c1-3-4-5-6-17-22(15,16)20-10-7-9(2)19-11(10)8-18-21(12,13)14;2*1-2/h9-11H,3-8H2,1-2H3,(H,15,16)(H2,12,13,14);2*1-2H3. The molecule has 0 aromatic carbocycles. The Morgan fingerprint density at radius 2 is 1.62 bits per heavy atom. The van der Waals surface area contributed by atoms with Gasteiger partial charge in [0.25, 0.3) is 0 Å². The number of hydrogen-bond acceptors (Lipinski definition) is 6. The van der Waals surface area contributed by atoms with Crippen LogP contribution in [0.3, 0.4) is 0 Å². The highest BCUT2D eigenvalue weighted by molar-refractivity contribution is 7.47. The fourth-order valence-electron chi connectivity index (χ4n) is 2.08. The summed E-state index contributed by atoms with van der Waals surface area (Å²) >= 11 is 0. The van der Waals surface area contributed by atoms with Crippen LogP contribution in [0.2, 0.25) is 0 Å². The molecule has 1 aliphatic heterocycles. The Labute approximate surface area is 157 Å². The fraction of sp³-hybridized carbons (Fsp3) is 1.00. The van der Waals surface area contributed by atoms with Crippen LogP contribution in [0.4, 0.5) is 0 Å². The Bertz CT molecular complexity index is 427. The molecule has 0 amide bonds. The van der Waals surface area contributed by atoms with E-state index in [0.717, 1.165) is 12.8 Å². The van der Waals surface area contributed by atoms with Crippen LogP contribution in [-0.2, 0) is 27.4 Å². The predicted octanol–water partition coefficient (Wildman–Crippen LogP) is 4.02. The van der Waals surface area contributed by atoms with Crippen molar-refractivity contribution in [3.05, 3.63) is 0 Å². The molecule has 11 heteroatoms. The summed E-state index contributed by atoms with van der Waals surface area (Å²) in [5.41, 5.74) is 0. The zero-order valence-electron chi connectivity index (χ0n) is 16.7. The lowest BCUT2D eigenvalue weighted by Crippen LogP contribution is -2.28. The summed E-state index contributed by atoms with van der Waals surface area (Å²) in [5.74, 6) is 0. The molecule has 4 atom stereocenters. The van der Waals surface area contributed by atoms with Gasteiger partial charge in [0.05, 0.1) is 19.3 Å². The highest BCUT2D eigenvalue weighted by Gasteiger charge is 2.40. The van der Waals surface area contributed by atoms with Crippen molar-refractivity contribution >= 4 is 15.6 Å². The van der Waals surface area contributed by atoms with Crippen molar-refractivity contribution in [2.45, 2.75) is 85.5 Å². The molecule has 3 N–H and O–H groups in total. The minimum absolute atomic E-state index is 0.106. The van der Waals surface area contributed by atoms with E-state index in [9.17, 15) is 14.0 Å². The van der Waals surface area contributed by atoms with E-state index in [1.54, 1.807) is 6.92 Å². The molecule has 0 radical (unpaired) electrons. The lowest BCUT2D eigenvalue weighted by atomic mass is 10.1. The average molecular weight is 422 g/mol. The number of rotatable bonds is 10. The molecule has 0 bridgehead atoms. The second-order valence-corrected chi connectivity index (χ2v) is 7.81. The van der Waals surface area contributed by atoms with Gasteiger partial charge in [-0.3, -0.25) is 13.6 Å². The summed E-state index contributed by atoms with van der Waals surface area (Å²) < 4.78 is 42.2. The van der Waals surface area contributed by atoms with E-state index in [1.165, 1.54) is 0 Å². The van der Waals surface area contributed by atoms with Crippen molar-refractivity contribution in [2.75, 3.05) is 13.2 Å². The molecule has 0 aliphatic carbocycles. The average Bonchev–Trinajstić information content (AvgIpc) is 2.91. The number of phosphoric acid groups is 2. The zero-order chi connectivity index (χ0) is 20.8. The maximum Gasteiger partial charge on any atom is 0.472 e. The summed E-state index contributed by atoms with van der Waals surface area (Å²) in [6, 6.07) is 0. The minimum atomic E-state index is -4.64. The van der Waals surface area contributed by atoms with E-state index in [2.05, 4.69) is 4.52 Å². The van der Waals surface area contributed by atoms with Crippen LogP contribution < -0.4 is 0 Å². The van der Waals surface area contributed by atoms with Gasteiger partial charge in [-0.2, -0.15) is 0 Å². The van der Waals surface area contributed by atoms with Gasteiger partial charge in [0.2, 0.25) is 0 Å². The van der Waals surface area contributed by atoms with Crippen LogP contribution in [0.15, 0.2) is 0 Å². The molecule has 1 heterocycles. The molecule has 1 aliphatic rings. The first-order chi connectivity index (χ1) is 12.1. The highest BCUT2D eigenvalue weighted by atomic mass is 31.2. The van der Waals surface area contributed by atoms with Gasteiger partial charge in [-0.1, -0.05) is 47.5 Å². The van der Waals surface area contributed by atoms with Gasteiger partial charge in [0.1, 0.15) is 12.2 Å². The normalized spacial score (nSPS) is 24.7. The SMILES string of the molecule is CC.CC.CCCCCOP(=O)(O)OC1CC(C)OC1COP(=O)(O)O. The molecule has 0 aromatic heterocycles. The van der Waals surface area contributed by atoms with Crippen LogP contribution in [0.5, 0.6) is 0 Å². The van der Waals surface area contributed by atoms with Crippen molar-refractivity contribution in [2.24, 2.45) is 0 Å². The van der Waals surface area contributed by atoms with E-state index < -0.39 is 34.5 Å². The molecule has 1 saturated heterocycles. The van der Waals surface area contributed by atoms with Gasteiger partial charge in [-0.25, -0.2) is 9.13 Å². The van der Waals surface area contributed by atoms with Crippen molar-refractivity contribution in [1.29, 1.82) is 0 Å². The van der Waals surface area contributed by atoms with E-state index in [4.69, 9.17) is 23.6 Å². The monoisotopic (exact) mass is 422 g/mol. The Kier molecular flexibility index (Phi) is 16.5. The van der Waals surface area contributed by atoms with Gasteiger partial charge in [0.15, 0.2) is 0 Å². The molecule has 4 unspecified atom stereocenters. The van der Waals surface area contributed by atoms with Crippen molar-refractivity contribution in [3.63, 3.8) is 0 Å². The summed E-state index contributed by atoms with van der Waals surface area (Å²) in [4.78, 5) is 27.1. The van der Waals surface area contributed by atoms with Crippen LogP contribution in [-0.4, -0.2) is 46.2 Å². The lowest BCUT2D eigenvalue weighted by Gasteiger charge is -2.21. The number of phosphoric ester groups is 2. The summed E-state index contributed by atoms with van der Waals surface area (Å²) in [7, 11) is -8.88. The summed E-state index contributed by atoms with van der Waals surface area (Å²) in [6.45, 7) is 11.4. The minimum Gasteiger partial charge on any atom is -0.370 e. The molecule has 160 valence electrons. The largest absolute Gasteiger partial charge is 0.472 e. The van der Waals surface area contributed by atoms with Gasteiger partial charge < -0.3 is 19.4 Å². The quantitative estimate of drug-likeness (QED) is 0.353. The summed E-state index contributed by atoms with van der Waals surface area (Å²) in [6.07, 6.45) is 0.824. The smallest absolute Gasteiger partial charge is 0.370 e. The molecule has 0 saturated carbocycles. The van der Waals surface area contributed by atoms with E-state index in [0.29, 0.717) is 12.8 Å². The number of unbranched alkanes of at least 4 members (excludes halogenated alkanes) is 2. The van der Waals surface area contributed by atoms with E-state index in [1.807, 2.05) is 34.6 Å². The van der Waals surface area contributed by atoms with E-state index in [-0.39, 0.29) is 12.7 Å². The van der Waals surface area contributed by atoms with Crippen molar-refractivity contribution < 1.29 is 42.1 Å². The van der Waals surface area contributed by atoms with Crippen LogP contribution >= 0.6 is 15.6 Å². The predicted molar refractivity (Wildman–Crippen MR) is 99.8 cm³/mol. The first kappa shape index (κ1) is 28.4. The Hall–Kier alpha value is 0.180. The van der Waals surface area contributed by atoms with Crippen molar-refractivity contribution in [3.8, 4) is 0 Å². The zero-order valence-corrected chi connectivity index (χ0v) is 18.4. The second kappa shape index (κ2) is 15.1. The summed E-state index contributed by atoms with van der Waals surface area (Å²) in [5, 5.41) is 0. The molecule has 9 nitrogen and oxygen atoms in total. The lowest BCUT2D eigenvalue weighted by molar-refractivity contribution is -0.0188. The maximum absolute atomic E-state index is 11.8. The number of ether oxygens (including phenoxy) is 1. The maximum atomic E-state index is 11.8.